The average molecular weight is 413 g/mol. The Labute approximate surface area is 175 Å². The van der Waals surface area contributed by atoms with Gasteiger partial charge in [0.05, 0.1) is 33.0 Å². The van der Waals surface area contributed by atoms with Gasteiger partial charge in [0.2, 0.25) is 5.88 Å². The zero-order valence-electron chi connectivity index (χ0n) is 17.7. The molecular weight excluding hydrogens is 386 g/mol. The highest BCUT2D eigenvalue weighted by molar-refractivity contribution is 6.06. The lowest BCUT2D eigenvalue weighted by molar-refractivity contribution is -0.0806. The molecule has 8 nitrogen and oxygen atoms in total. The molecule has 8 heteroatoms. The molecule has 160 valence electrons. The van der Waals surface area contributed by atoms with Crippen LogP contribution in [-0.4, -0.2) is 63.6 Å². The Morgan fingerprint density at radius 1 is 1.13 bits per heavy atom. The topological polar surface area (TPSA) is 83.4 Å². The molecule has 1 N–H and O–H groups in total. The van der Waals surface area contributed by atoms with Crippen molar-refractivity contribution in [2.75, 3.05) is 46.0 Å². The summed E-state index contributed by atoms with van der Waals surface area (Å²) in [5.74, 6) is 3.22. The lowest BCUT2D eigenvalue weighted by Gasteiger charge is -2.27. The molecule has 0 saturated carbocycles. The Balaban J connectivity index is 1.71. The molecule has 1 atom stereocenters. The highest BCUT2D eigenvalue weighted by Gasteiger charge is 2.23. The number of ether oxygens (including phenoxy) is 5. The van der Waals surface area contributed by atoms with Crippen LogP contribution in [0.5, 0.6) is 17.4 Å². The molecule has 0 bridgehead atoms. The fraction of sp³-hybridized carbons (Fsp3) is 0.455. The number of methoxy groups -OCH3 is 2. The van der Waals surface area contributed by atoms with Crippen LogP contribution in [0.1, 0.15) is 13.8 Å². The minimum atomic E-state index is -0.0121. The molecular formula is C22H27N3O5. The molecule has 2 aromatic rings. The van der Waals surface area contributed by atoms with E-state index in [2.05, 4.69) is 24.2 Å². The third-order valence-electron chi connectivity index (χ3n) is 5.12. The van der Waals surface area contributed by atoms with Gasteiger partial charge in [0.1, 0.15) is 24.4 Å². The smallest absolute Gasteiger partial charge is 0.223 e. The molecule has 2 aliphatic heterocycles. The summed E-state index contributed by atoms with van der Waals surface area (Å²) in [6, 6.07) is 5.95. The van der Waals surface area contributed by atoms with Crippen molar-refractivity contribution in [3.8, 4) is 17.4 Å². The Morgan fingerprint density at radius 3 is 2.60 bits per heavy atom. The summed E-state index contributed by atoms with van der Waals surface area (Å²) in [7, 11) is 3.26. The quantitative estimate of drug-likeness (QED) is 0.666. The first-order chi connectivity index (χ1) is 14.6. The van der Waals surface area contributed by atoms with Gasteiger partial charge < -0.3 is 29.0 Å². The van der Waals surface area contributed by atoms with Gasteiger partial charge in [-0.25, -0.2) is 0 Å². The number of benzene rings is 1. The van der Waals surface area contributed by atoms with E-state index in [-0.39, 0.29) is 12.1 Å². The van der Waals surface area contributed by atoms with Crippen LogP contribution >= 0.6 is 0 Å². The number of fused-ring (bicyclic) bond motifs is 1. The van der Waals surface area contributed by atoms with Crippen molar-refractivity contribution in [2.45, 2.75) is 26.0 Å². The summed E-state index contributed by atoms with van der Waals surface area (Å²) in [5, 5.41) is 5.06. The van der Waals surface area contributed by atoms with Crippen molar-refractivity contribution in [1.82, 2.24) is 4.98 Å². The first kappa shape index (κ1) is 20.4. The maximum atomic E-state index is 6.11. The molecule has 1 saturated heterocycles. The summed E-state index contributed by atoms with van der Waals surface area (Å²) in [6.45, 7) is 6.15. The molecule has 0 radical (unpaired) electrons. The fourth-order valence-electron chi connectivity index (χ4n) is 3.21. The predicted octanol–water partition coefficient (Wildman–Crippen LogP) is 3.21. The zero-order chi connectivity index (χ0) is 21.1. The summed E-state index contributed by atoms with van der Waals surface area (Å²) in [5.41, 5.74) is 1.21. The number of pyridine rings is 1. The van der Waals surface area contributed by atoms with Gasteiger partial charge in [0, 0.05) is 12.5 Å². The van der Waals surface area contributed by atoms with Crippen LogP contribution in [0.4, 0.5) is 5.82 Å². The minimum Gasteiger partial charge on any atom is -0.493 e. The summed E-state index contributed by atoms with van der Waals surface area (Å²) in [6.07, 6.45) is 2.02. The second-order valence-corrected chi connectivity index (χ2v) is 7.36. The monoisotopic (exact) mass is 413 g/mol. The third kappa shape index (κ3) is 4.34. The van der Waals surface area contributed by atoms with Crippen LogP contribution in [0.25, 0.3) is 10.8 Å². The molecule has 4 rings (SSSR count). The molecule has 0 spiro atoms. The summed E-state index contributed by atoms with van der Waals surface area (Å²) in [4.78, 5) is 9.32. The number of amidine groups is 1. The number of hydrogen-bond acceptors (Lipinski definition) is 8. The van der Waals surface area contributed by atoms with Crippen molar-refractivity contribution < 1.29 is 23.7 Å². The van der Waals surface area contributed by atoms with Gasteiger partial charge in [-0.05, 0) is 49.1 Å². The molecule has 1 fully saturated rings. The Bertz CT molecular complexity index is 984. The highest BCUT2D eigenvalue weighted by Crippen LogP contribution is 2.37. The highest BCUT2D eigenvalue weighted by atomic mass is 16.6. The predicted molar refractivity (Wildman–Crippen MR) is 115 cm³/mol. The second-order valence-electron chi connectivity index (χ2n) is 7.36. The lowest BCUT2D eigenvalue weighted by atomic mass is 10.1. The van der Waals surface area contributed by atoms with Gasteiger partial charge in [0.25, 0.3) is 0 Å². The van der Waals surface area contributed by atoms with E-state index >= 15 is 0 Å². The third-order valence-corrected chi connectivity index (χ3v) is 5.12. The molecule has 30 heavy (non-hydrogen) atoms. The minimum absolute atomic E-state index is 0.0121. The Kier molecular flexibility index (Phi) is 6.06. The maximum Gasteiger partial charge on any atom is 0.223 e. The second kappa shape index (κ2) is 8.89. The van der Waals surface area contributed by atoms with Crippen LogP contribution < -0.4 is 19.5 Å². The van der Waals surface area contributed by atoms with Crippen molar-refractivity contribution in [1.29, 1.82) is 0 Å². The number of aromatic nitrogens is 1. The van der Waals surface area contributed by atoms with Crippen LogP contribution in [0.15, 0.2) is 34.8 Å². The molecule has 1 aromatic carbocycles. The maximum absolute atomic E-state index is 6.11. The first-order valence-corrected chi connectivity index (χ1v) is 9.99. The largest absolute Gasteiger partial charge is 0.493 e. The van der Waals surface area contributed by atoms with Gasteiger partial charge >= 0.3 is 0 Å². The number of nitrogens with one attached hydrogen (secondary N) is 1. The van der Waals surface area contributed by atoms with Gasteiger partial charge in [-0.15, -0.1) is 0 Å². The number of anilines is 1. The molecule has 2 aliphatic rings. The molecule has 0 aliphatic carbocycles. The standard InChI is InChI=1S/C22H27N3O5/c1-13-7-20(23-14(13)2)24-21-9-15-8-18(27-4)19(29-6-5-26-3)10-17(15)22(25-21)30-16-11-28-12-16/h7-10,14,16H,5-6,11-12H2,1-4H3,(H,23,24,25). The fourth-order valence-corrected chi connectivity index (χ4v) is 3.21. The molecule has 1 unspecified atom stereocenters. The zero-order valence-corrected chi connectivity index (χ0v) is 17.7. The van der Waals surface area contributed by atoms with E-state index in [0.29, 0.717) is 49.6 Å². The van der Waals surface area contributed by atoms with E-state index in [0.717, 1.165) is 16.6 Å². The number of hydrogen-bond donors (Lipinski definition) is 1. The Morgan fingerprint density at radius 2 is 1.97 bits per heavy atom. The van der Waals surface area contributed by atoms with E-state index in [9.17, 15) is 0 Å². The van der Waals surface area contributed by atoms with Gasteiger partial charge in [0.15, 0.2) is 11.5 Å². The van der Waals surface area contributed by atoms with Gasteiger partial charge in [-0.1, -0.05) is 0 Å². The van der Waals surface area contributed by atoms with E-state index in [1.54, 1.807) is 14.2 Å². The van der Waals surface area contributed by atoms with Crippen molar-refractivity contribution in [2.24, 2.45) is 4.99 Å². The van der Waals surface area contributed by atoms with Crippen LogP contribution in [0, 0.1) is 0 Å². The summed E-state index contributed by atoms with van der Waals surface area (Å²) >= 11 is 0. The van der Waals surface area contributed by atoms with E-state index < -0.39 is 0 Å². The van der Waals surface area contributed by atoms with Crippen LogP contribution in [0.3, 0.4) is 0 Å². The number of aliphatic imine (C=N–C) groups is 1. The van der Waals surface area contributed by atoms with Gasteiger partial charge in [-0.2, -0.15) is 4.98 Å². The van der Waals surface area contributed by atoms with Crippen LogP contribution in [-0.2, 0) is 9.47 Å². The molecule has 0 amide bonds. The van der Waals surface area contributed by atoms with Crippen molar-refractivity contribution in [3.05, 3.63) is 29.8 Å². The summed E-state index contributed by atoms with van der Waals surface area (Å²) < 4.78 is 27.8. The molecule has 1 aromatic heterocycles. The number of nitrogens with zero attached hydrogens (tertiary/aromatic N) is 2. The lowest BCUT2D eigenvalue weighted by Crippen LogP contribution is -2.38. The average Bonchev–Trinajstić information content (AvgIpc) is 3.01. The Hall–Kier alpha value is -2.84. The van der Waals surface area contributed by atoms with E-state index in [1.807, 2.05) is 24.3 Å². The molecule has 3 heterocycles. The van der Waals surface area contributed by atoms with E-state index in [1.165, 1.54) is 5.57 Å². The normalized spacial score (nSPS) is 18.6. The SMILES string of the molecule is COCCOc1cc2c(OC3COC3)nc(NC3=NC(C)C(C)=C3)cc2cc1OC. The van der Waals surface area contributed by atoms with Crippen LogP contribution in [0.2, 0.25) is 0 Å². The first-order valence-electron chi connectivity index (χ1n) is 9.99. The van der Waals surface area contributed by atoms with Crippen molar-refractivity contribution in [3.63, 3.8) is 0 Å². The number of rotatable bonds is 8. The van der Waals surface area contributed by atoms with Gasteiger partial charge in [-0.3, -0.25) is 4.99 Å². The van der Waals surface area contributed by atoms with E-state index in [4.69, 9.17) is 28.7 Å². The van der Waals surface area contributed by atoms with Crippen molar-refractivity contribution >= 4 is 22.4 Å².